The van der Waals surface area contributed by atoms with Gasteiger partial charge in [-0.05, 0) is 96.3 Å². The summed E-state index contributed by atoms with van der Waals surface area (Å²) in [6.45, 7) is 6.79. The van der Waals surface area contributed by atoms with Crippen molar-refractivity contribution in [3.63, 3.8) is 0 Å². The number of unbranched alkanes of at least 4 members (excludes halogenated alkanes) is 30. The normalized spacial score (nSPS) is 12.2. The van der Waals surface area contributed by atoms with Gasteiger partial charge in [0.25, 0.3) is 0 Å². The Hall–Kier alpha value is -2.37. The fraction of sp³-hybridized carbons (Fsp3) is 0.833. The number of carbonyl (C=O) groups excluding carboxylic acids is 2. The highest BCUT2D eigenvalue weighted by atomic mass is 16.6. The molecule has 1 unspecified atom stereocenters. The molecular formula is C54H99NO5. The molecule has 0 aliphatic rings. The highest BCUT2D eigenvalue weighted by Gasteiger charge is 2.19. The molecule has 0 saturated carbocycles. The fourth-order valence-corrected chi connectivity index (χ4v) is 7.39. The van der Waals surface area contributed by atoms with Gasteiger partial charge in [0.2, 0.25) is 0 Å². The van der Waals surface area contributed by atoms with Crippen molar-refractivity contribution in [3.8, 4) is 0 Å². The summed E-state index contributed by atoms with van der Waals surface area (Å²) in [4.78, 5) is 25.4. The molecule has 0 saturated heterocycles. The molecule has 1 atom stereocenters. The first-order valence-electron chi connectivity index (χ1n) is 26.0. The Kier molecular flexibility index (Phi) is 47.3. The van der Waals surface area contributed by atoms with Gasteiger partial charge in [0, 0.05) is 19.3 Å². The van der Waals surface area contributed by atoms with Crippen LogP contribution in [0.15, 0.2) is 36.5 Å². The quantitative estimate of drug-likeness (QED) is 0.0217. The number of esters is 2. The number of allylic oxidation sites excluding steroid dienone is 6. The molecule has 0 fully saturated rings. The third kappa shape index (κ3) is 46.7. The molecule has 0 aromatic rings. The van der Waals surface area contributed by atoms with Gasteiger partial charge in [-0.25, -0.2) is 0 Å². The van der Waals surface area contributed by atoms with Crippen LogP contribution < -0.4 is 0 Å². The van der Waals surface area contributed by atoms with Crippen LogP contribution >= 0.6 is 0 Å². The smallest absolute Gasteiger partial charge is 0.306 e. The van der Waals surface area contributed by atoms with Crippen LogP contribution in [0, 0.1) is 5.41 Å². The summed E-state index contributed by atoms with van der Waals surface area (Å²) in [5.41, 5.74) is 0. The van der Waals surface area contributed by atoms with E-state index in [1.807, 2.05) is 0 Å². The maximum absolute atomic E-state index is 12.8. The van der Waals surface area contributed by atoms with Crippen molar-refractivity contribution >= 4 is 17.8 Å². The maximum atomic E-state index is 12.8. The molecule has 350 valence electrons. The molecule has 1 N–H and O–H groups in total. The minimum Gasteiger partial charge on any atom is -0.477 e. The van der Waals surface area contributed by atoms with Crippen LogP contribution in [0.3, 0.4) is 0 Å². The average Bonchev–Trinajstić information content (AvgIpc) is 3.24. The van der Waals surface area contributed by atoms with E-state index in [0.717, 1.165) is 70.6 Å². The minimum absolute atomic E-state index is 0.0256. The van der Waals surface area contributed by atoms with E-state index >= 15 is 0 Å². The summed E-state index contributed by atoms with van der Waals surface area (Å²) in [5, 5.41) is 8.36. The van der Waals surface area contributed by atoms with E-state index in [0.29, 0.717) is 19.3 Å². The number of ether oxygens (including phenoxy) is 3. The van der Waals surface area contributed by atoms with Crippen LogP contribution in [0.4, 0.5) is 0 Å². The van der Waals surface area contributed by atoms with Crippen molar-refractivity contribution < 1.29 is 23.8 Å². The lowest BCUT2D eigenvalue weighted by Gasteiger charge is -2.19. The summed E-state index contributed by atoms with van der Waals surface area (Å²) in [7, 11) is 0. The topological polar surface area (TPSA) is 85.7 Å². The fourth-order valence-electron chi connectivity index (χ4n) is 7.39. The van der Waals surface area contributed by atoms with E-state index in [1.54, 1.807) is 0 Å². The molecule has 6 heteroatoms. The molecule has 0 heterocycles. The van der Waals surface area contributed by atoms with E-state index < -0.39 is 6.10 Å². The van der Waals surface area contributed by atoms with Crippen molar-refractivity contribution in [1.82, 2.24) is 0 Å². The molecule has 0 amide bonds. The Morgan fingerprint density at radius 3 is 1.05 bits per heavy atom. The predicted octanol–water partition coefficient (Wildman–Crippen LogP) is 17.4. The molecule has 0 aromatic carbocycles. The second kappa shape index (κ2) is 49.3. The molecule has 0 aromatic heterocycles. The molecular weight excluding hydrogens is 743 g/mol. The second-order valence-electron chi connectivity index (χ2n) is 17.5. The van der Waals surface area contributed by atoms with Crippen molar-refractivity contribution in [2.24, 2.45) is 0 Å². The van der Waals surface area contributed by atoms with Gasteiger partial charge >= 0.3 is 11.9 Å². The Morgan fingerprint density at radius 1 is 0.367 bits per heavy atom. The second-order valence-corrected chi connectivity index (χ2v) is 17.5. The van der Waals surface area contributed by atoms with Gasteiger partial charge in [-0.15, -0.1) is 0 Å². The van der Waals surface area contributed by atoms with Crippen LogP contribution in [0.2, 0.25) is 0 Å². The minimum atomic E-state index is -0.700. The van der Waals surface area contributed by atoms with Crippen LogP contribution in [0.1, 0.15) is 271 Å². The first-order valence-corrected chi connectivity index (χ1v) is 26.0. The van der Waals surface area contributed by atoms with E-state index in [2.05, 4.69) is 57.2 Å². The molecule has 0 spiro atoms. The Morgan fingerprint density at radius 2 is 0.650 bits per heavy atom. The summed E-state index contributed by atoms with van der Waals surface area (Å²) >= 11 is 0. The largest absolute Gasteiger partial charge is 0.477 e. The van der Waals surface area contributed by atoms with Crippen molar-refractivity contribution in [1.29, 1.82) is 5.41 Å². The van der Waals surface area contributed by atoms with E-state index in [4.69, 9.17) is 19.6 Å². The zero-order chi connectivity index (χ0) is 43.7. The number of nitrogens with one attached hydrogen (secondary N) is 1. The van der Waals surface area contributed by atoms with Crippen LogP contribution in [-0.4, -0.2) is 37.2 Å². The van der Waals surface area contributed by atoms with Gasteiger partial charge < -0.3 is 14.2 Å². The van der Waals surface area contributed by atoms with Crippen molar-refractivity contribution in [3.05, 3.63) is 36.5 Å². The lowest BCUT2D eigenvalue weighted by Crippen LogP contribution is -2.30. The standard InChI is InChI=1S/C54H99NO5/c1-4-7-10-13-16-19-22-25-27-29-31-34-37-40-43-46-52(55)58-49-51(50-59-53(56)47-44-41-38-35-32-24-21-18-15-12-9-6-3)60-54(57)48-45-42-39-36-33-30-28-26-23-20-17-14-11-8-5-2/h18,21,25-28,51,55H,4-17,19-20,22-24,29-50H2,1-3H3/b21-18+,27-25+,28-26+,55-52?. The monoisotopic (exact) mass is 842 g/mol. The van der Waals surface area contributed by atoms with Gasteiger partial charge in [-0.3, -0.25) is 15.0 Å². The van der Waals surface area contributed by atoms with E-state index in [1.165, 1.54) is 161 Å². The lowest BCUT2D eigenvalue weighted by atomic mass is 10.1. The molecule has 0 rings (SSSR count). The Labute approximate surface area is 372 Å². The first-order chi connectivity index (χ1) is 29.5. The highest BCUT2D eigenvalue weighted by Crippen LogP contribution is 2.14. The highest BCUT2D eigenvalue weighted by molar-refractivity contribution is 5.72. The van der Waals surface area contributed by atoms with Crippen LogP contribution in [-0.2, 0) is 23.8 Å². The van der Waals surface area contributed by atoms with Crippen LogP contribution in [0.25, 0.3) is 0 Å². The Bertz CT molecular complexity index is 1020. The van der Waals surface area contributed by atoms with Gasteiger partial charge in [-0.2, -0.15) is 0 Å². The molecule has 0 bridgehead atoms. The Balaban J connectivity index is 4.39. The third-order valence-corrected chi connectivity index (χ3v) is 11.4. The SMILES string of the molecule is CCCCC/C=C/CCCCCCCC(=O)OCC(COC(=N)CCCCCCC/C=C/CCCCCCCC)OC(=O)CCCCCCC/C=C/CCCCCCCC. The number of hydrogen-bond acceptors (Lipinski definition) is 6. The zero-order valence-corrected chi connectivity index (χ0v) is 40.1. The van der Waals surface area contributed by atoms with E-state index in [9.17, 15) is 9.59 Å². The number of carbonyl (C=O) groups is 2. The van der Waals surface area contributed by atoms with Crippen molar-refractivity contribution in [2.75, 3.05) is 13.2 Å². The van der Waals surface area contributed by atoms with Gasteiger partial charge in [-0.1, -0.05) is 192 Å². The molecule has 0 aliphatic heterocycles. The average molecular weight is 842 g/mol. The molecule has 0 radical (unpaired) electrons. The van der Waals surface area contributed by atoms with E-state index in [-0.39, 0.29) is 31.1 Å². The summed E-state index contributed by atoms with van der Waals surface area (Å²) < 4.78 is 17.1. The summed E-state index contributed by atoms with van der Waals surface area (Å²) in [6, 6.07) is 0. The predicted molar refractivity (Wildman–Crippen MR) is 259 cm³/mol. The lowest BCUT2D eigenvalue weighted by molar-refractivity contribution is -0.161. The third-order valence-electron chi connectivity index (χ3n) is 11.4. The van der Waals surface area contributed by atoms with Gasteiger partial charge in [0.1, 0.15) is 13.2 Å². The zero-order valence-electron chi connectivity index (χ0n) is 40.1. The number of hydrogen-bond donors (Lipinski definition) is 1. The first kappa shape index (κ1) is 57.6. The maximum Gasteiger partial charge on any atom is 0.306 e. The molecule has 0 aliphatic carbocycles. The van der Waals surface area contributed by atoms with Gasteiger partial charge in [0.15, 0.2) is 12.0 Å². The molecule has 6 nitrogen and oxygen atoms in total. The van der Waals surface area contributed by atoms with Gasteiger partial charge in [0.05, 0.1) is 0 Å². The molecule has 60 heavy (non-hydrogen) atoms. The number of rotatable bonds is 47. The summed E-state index contributed by atoms with van der Waals surface area (Å²) in [6.07, 6.45) is 58.0. The van der Waals surface area contributed by atoms with Crippen LogP contribution in [0.5, 0.6) is 0 Å². The summed E-state index contributed by atoms with van der Waals surface area (Å²) in [5.74, 6) is -0.326. The van der Waals surface area contributed by atoms with Crippen molar-refractivity contribution in [2.45, 2.75) is 277 Å².